The topological polar surface area (TPSA) is 93.3 Å². The molecule has 0 saturated heterocycles. The zero-order valence-corrected chi connectivity index (χ0v) is 18.3. The number of ether oxygens (including phenoxy) is 3. The smallest absolute Gasteiger partial charge is 0.202 e. The molecule has 1 aliphatic heterocycles. The lowest BCUT2D eigenvalue weighted by molar-refractivity contribution is 0.0777. The predicted octanol–water partition coefficient (Wildman–Crippen LogP) is 3.18. The summed E-state index contributed by atoms with van der Waals surface area (Å²) < 4.78 is 21.3. The van der Waals surface area contributed by atoms with Crippen molar-refractivity contribution in [2.75, 3.05) is 13.2 Å². The van der Waals surface area contributed by atoms with Crippen LogP contribution in [0.5, 0.6) is 17.2 Å². The Hall–Kier alpha value is -4.14. The van der Waals surface area contributed by atoms with Gasteiger partial charge in [-0.2, -0.15) is 0 Å². The number of rotatable bonds is 7. The number of carbonyl (C=O) groups excluding carboxylic acids is 1. The van der Waals surface area contributed by atoms with E-state index in [1.807, 2.05) is 56.3 Å². The summed E-state index contributed by atoms with van der Waals surface area (Å²) in [5.74, 6) is 1.97. The molecule has 0 saturated carbocycles. The van der Waals surface area contributed by atoms with Crippen LogP contribution < -0.4 is 14.2 Å². The van der Waals surface area contributed by atoms with E-state index >= 15 is 0 Å². The molecule has 4 aromatic rings. The fourth-order valence-corrected chi connectivity index (χ4v) is 3.94. The van der Waals surface area contributed by atoms with Gasteiger partial charge in [0.1, 0.15) is 18.7 Å². The highest BCUT2D eigenvalue weighted by Gasteiger charge is 2.24. The average molecular weight is 445 g/mol. The van der Waals surface area contributed by atoms with Crippen molar-refractivity contribution in [3.05, 3.63) is 77.9 Å². The standard InChI is InChI=1S/C24H23N5O4/c1-16-10-21(17(2)28(16)12-20-13-32-23-8-3-4-9-24(23)33-20)22(30)14-31-19-7-5-6-18(11-19)29-15-25-26-27-29/h3-11,15,20H,12-14H2,1-2H3/t20-/m0/s1. The molecule has 0 fully saturated rings. The zero-order chi connectivity index (χ0) is 22.8. The lowest BCUT2D eigenvalue weighted by Gasteiger charge is -2.27. The molecule has 1 atom stereocenters. The quantitative estimate of drug-likeness (QED) is 0.403. The zero-order valence-electron chi connectivity index (χ0n) is 18.3. The Labute approximate surface area is 190 Å². The molecule has 0 aliphatic carbocycles. The summed E-state index contributed by atoms with van der Waals surface area (Å²) in [6, 6.07) is 16.8. The van der Waals surface area contributed by atoms with E-state index in [0.29, 0.717) is 24.5 Å². The summed E-state index contributed by atoms with van der Waals surface area (Å²) in [7, 11) is 0. The van der Waals surface area contributed by atoms with Crippen LogP contribution in [0.4, 0.5) is 0 Å². The number of aryl methyl sites for hydroxylation is 1. The van der Waals surface area contributed by atoms with Gasteiger partial charge in [0, 0.05) is 23.0 Å². The minimum absolute atomic E-state index is 0.0697. The molecule has 9 heteroatoms. The van der Waals surface area contributed by atoms with E-state index in [0.717, 1.165) is 28.6 Å². The maximum absolute atomic E-state index is 12.9. The van der Waals surface area contributed by atoms with E-state index in [2.05, 4.69) is 20.1 Å². The second-order valence-corrected chi connectivity index (χ2v) is 7.86. The van der Waals surface area contributed by atoms with Crippen LogP contribution in [0.25, 0.3) is 5.69 Å². The van der Waals surface area contributed by atoms with Gasteiger partial charge in [-0.25, -0.2) is 4.68 Å². The molecule has 33 heavy (non-hydrogen) atoms. The molecule has 2 aromatic carbocycles. The molecular formula is C24H23N5O4. The lowest BCUT2D eigenvalue weighted by Crippen LogP contribution is -2.33. The fourth-order valence-electron chi connectivity index (χ4n) is 3.94. The third-order valence-corrected chi connectivity index (χ3v) is 5.63. The first-order valence-corrected chi connectivity index (χ1v) is 10.6. The largest absolute Gasteiger partial charge is 0.486 e. The van der Waals surface area contributed by atoms with E-state index in [4.69, 9.17) is 14.2 Å². The minimum Gasteiger partial charge on any atom is -0.486 e. The number of Topliss-reactive ketones (excluding diaryl/α,β-unsaturated/α-hetero) is 1. The first kappa shape index (κ1) is 20.7. The average Bonchev–Trinajstić information content (AvgIpc) is 3.47. The highest BCUT2D eigenvalue weighted by atomic mass is 16.6. The van der Waals surface area contributed by atoms with Crippen molar-refractivity contribution >= 4 is 5.78 Å². The number of nitrogens with zero attached hydrogens (tertiary/aromatic N) is 5. The maximum atomic E-state index is 12.9. The van der Waals surface area contributed by atoms with Crippen LogP contribution >= 0.6 is 0 Å². The summed E-state index contributed by atoms with van der Waals surface area (Å²) in [4.78, 5) is 12.9. The second-order valence-electron chi connectivity index (χ2n) is 7.86. The van der Waals surface area contributed by atoms with Crippen LogP contribution in [0.15, 0.2) is 60.9 Å². The van der Waals surface area contributed by atoms with Gasteiger partial charge in [-0.1, -0.05) is 18.2 Å². The van der Waals surface area contributed by atoms with E-state index in [9.17, 15) is 4.79 Å². The van der Waals surface area contributed by atoms with Crippen molar-refractivity contribution in [1.29, 1.82) is 0 Å². The van der Waals surface area contributed by atoms with Crippen molar-refractivity contribution in [2.24, 2.45) is 0 Å². The highest BCUT2D eigenvalue weighted by molar-refractivity contribution is 5.98. The predicted molar refractivity (Wildman–Crippen MR) is 119 cm³/mol. The SMILES string of the molecule is Cc1cc(C(=O)COc2cccc(-n3cnnn3)c2)c(C)n1C[C@H]1COc2ccccc2O1. The van der Waals surface area contributed by atoms with E-state index in [-0.39, 0.29) is 18.5 Å². The summed E-state index contributed by atoms with van der Waals surface area (Å²) in [5, 5.41) is 11.1. The van der Waals surface area contributed by atoms with Gasteiger partial charge in [-0.05, 0) is 54.6 Å². The number of benzene rings is 2. The number of tetrazole rings is 1. The third kappa shape index (κ3) is 4.30. The molecule has 3 heterocycles. The fraction of sp³-hybridized carbons (Fsp3) is 0.250. The Morgan fingerprint density at radius 2 is 1.97 bits per heavy atom. The monoisotopic (exact) mass is 445 g/mol. The molecule has 2 aromatic heterocycles. The first-order valence-electron chi connectivity index (χ1n) is 10.6. The number of aromatic nitrogens is 5. The number of hydrogen-bond donors (Lipinski definition) is 0. The summed E-state index contributed by atoms with van der Waals surface area (Å²) in [6.45, 7) is 4.90. The first-order chi connectivity index (χ1) is 16.1. The Morgan fingerprint density at radius 1 is 1.12 bits per heavy atom. The van der Waals surface area contributed by atoms with Gasteiger partial charge in [0.15, 0.2) is 24.2 Å². The summed E-state index contributed by atoms with van der Waals surface area (Å²) in [6.07, 6.45) is 1.36. The molecule has 0 N–H and O–H groups in total. The highest BCUT2D eigenvalue weighted by Crippen LogP contribution is 2.31. The lowest BCUT2D eigenvalue weighted by atomic mass is 10.1. The van der Waals surface area contributed by atoms with Crippen molar-refractivity contribution in [3.8, 4) is 22.9 Å². The van der Waals surface area contributed by atoms with Crippen molar-refractivity contribution in [3.63, 3.8) is 0 Å². The number of carbonyl (C=O) groups is 1. The number of fused-ring (bicyclic) bond motifs is 1. The van der Waals surface area contributed by atoms with Crippen molar-refractivity contribution in [2.45, 2.75) is 26.5 Å². The van der Waals surface area contributed by atoms with Gasteiger partial charge < -0.3 is 18.8 Å². The van der Waals surface area contributed by atoms with Gasteiger partial charge in [0.2, 0.25) is 5.78 Å². The van der Waals surface area contributed by atoms with Gasteiger partial charge in [-0.15, -0.1) is 5.10 Å². The Bertz CT molecular complexity index is 1280. The van der Waals surface area contributed by atoms with Crippen molar-refractivity contribution < 1.29 is 19.0 Å². The molecule has 0 bridgehead atoms. The molecule has 0 radical (unpaired) electrons. The molecule has 168 valence electrons. The Kier molecular flexibility index (Phi) is 5.52. The van der Waals surface area contributed by atoms with Gasteiger partial charge >= 0.3 is 0 Å². The molecule has 5 rings (SSSR count). The third-order valence-electron chi connectivity index (χ3n) is 5.63. The minimum atomic E-state index is -0.141. The van der Waals surface area contributed by atoms with E-state index in [1.54, 1.807) is 12.1 Å². The molecular weight excluding hydrogens is 422 g/mol. The molecule has 0 unspecified atom stereocenters. The normalized spacial score (nSPS) is 14.8. The Morgan fingerprint density at radius 3 is 2.79 bits per heavy atom. The van der Waals surface area contributed by atoms with E-state index < -0.39 is 0 Å². The van der Waals surface area contributed by atoms with Gasteiger partial charge in [0.25, 0.3) is 0 Å². The molecule has 0 amide bonds. The summed E-state index contributed by atoms with van der Waals surface area (Å²) in [5.41, 5.74) is 3.26. The number of hydrogen-bond acceptors (Lipinski definition) is 7. The molecule has 9 nitrogen and oxygen atoms in total. The van der Waals surface area contributed by atoms with Crippen LogP contribution in [-0.4, -0.2) is 49.9 Å². The van der Waals surface area contributed by atoms with Crippen molar-refractivity contribution in [1.82, 2.24) is 24.8 Å². The maximum Gasteiger partial charge on any atom is 0.202 e. The molecule has 1 aliphatic rings. The Balaban J connectivity index is 1.25. The number of para-hydroxylation sites is 2. The van der Waals surface area contributed by atoms with Gasteiger partial charge in [0.05, 0.1) is 12.2 Å². The second kappa shape index (κ2) is 8.78. The van der Waals surface area contributed by atoms with Crippen LogP contribution in [0.2, 0.25) is 0 Å². The van der Waals surface area contributed by atoms with Gasteiger partial charge in [-0.3, -0.25) is 4.79 Å². The van der Waals surface area contributed by atoms with Crippen LogP contribution in [0.3, 0.4) is 0 Å². The number of ketones is 1. The van der Waals surface area contributed by atoms with Crippen LogP contribution in [0.1, 0.15) is 21.7 Å². The molecule has 0 spiro atoms. The summed E-state index contributed by atoms with van der Waals surface area (Å²) >= 11 is 0. The van der Waals surface area contributed by atoms with Crippen LogP contribution in [0, 0.1) is 13.8 Å². The van der Waals surface area contributed by atoms with E-state index in [1.165, 1.54) is 11.0 Å². The van der Waals surface area contributed by atoms with Crippen LogP contribution in [-0.2, 0) is 6.54 Å².